The number of hydrogen-bond acceptors (Lipinski definition) is 4. The van der Waals surface area contributed by atoms with Crippen molar-refractivity contribution in [1.82, 2.24) is 10.1 Å². The van der Waals surface area contributed by atoms with Crippen LogP contribution in [0.3, 0.4) is 0 Å². The Morgan fingerprint density at radius 1 is 1.24 bits per heavy atom. The first-order chi connectivity index (χ1) is 8.02. The molecule has 4 nitrogen and oxygen atoms in total. The Balaban J connectivity index is 2.52. The summed E-state index contributed by atoms with van der Waals surface area (Å²) in [6, 6.07) is 5.00. The van der Waals surface area contributed by atoms with Crippen molar-refractivity contribution in [3.63, 3.8) is 0 Å². The average Bonchev–Trinajstić information content (AvgIpc) is 2.76. The molecule has 90 valence electrons. The third-order valence-electron chi connectivity index (χ3n) is 2.11. The van der Waals surface area contributed by atoms with E-state index >= 15 is 0 Å². The quantitative estimate of drug-likeness (QED) is 0.878. The lowest BCUT2D eigenvalue weighted by Gasteiger charge is -2.09. The van der Waals surface area contributed by atoms with Crippen molar-refractivity contribution in [1.29, 1.82) is 0 Å². The van der Waals surface area contributed by atoms with Crippen molar-refractivity contribution < 1.29 is 17.7 Å². The van der Waals surface area contributed by atoms with Gasteiger partial charge in [-0.25, -0.2) is 0 Å². The van der Waals surface area contributed by atoms with E-state index in [0.29, 0.717) is 0 Å². The summed E-state index contributed by atoms with van der Waals surface area (Å²) in [5.41, 5.74) is 4.30. The van der Waals surface area contributed by atoms with Gasteiger partial charge in [0.1, 0.15) is 0 Å². The number of alkyl halides is 3. The molecule has 0 spiro atoms. The van der Waals surface area contributed by atoms with Crippen molar-refractivity contribution in [2.45, 2.75) is 12.7 Å². The molecule has 0 fully saturated rings. The molecule has 0 aliphatic carbocycles. The van der Waals surface area contributed by atoms with Gasteiger partial charge in [-0.15, -0.1) is 0 Å². The van der Waals surface area contributed by atoms with E-state index in [4.69, 9.17) is 10.3 Å². The highest BCUT2D eigenvalue weighted by Gasteiger charge is 2.34. The fourth-order valence-electron chi connectivity index (χ4n) is 1.36. The van der Waals surface area contributed by atoms with E-state index < -0.39 is 11.7 Å². The van der Waals surface area contributed by atoms with Crippen LogP contribution in [0.5, 0.6) is 0 Å². The summed E-state index contributed by atoms with van der Waals surface area (Å²) in [6.07, 6.45) is -4.46. The lowest BCUT2D eigenvalue weighted by molar-refractivity contribution is -0.137. The summed E-state index contributed by atoms with van der Waals surface area (Å²) in [5, 5.41) is 3.46. The molecule has 0 radical (unpaired) electrons. The standard InChI is InChI=1S/C10H8F3N3O/c11-10(12,13)7-4-2-1-3-6(7)9-15-8(5-14)16-17-9/h1-4H,5,14H2. The highest BCUT2D eigenvalue weighted by molar-refractivity contribution is 5.59. The minimum Gasteiger partial charge on any atom is -0.334 e. The highest BCUT2D eigenvalue weighted by atomic mass is 19.4. The lowest BCUT2D eigenvalue weighted by Crippen LogP contribution is -2.07. The van der Waals surface area contributed by atoms with Crippen molar-refractivity contribution in [3.05, 3.63) is 35.7 Å². The monoisotopic (exact) mass is 243 g/mol. The summed E-state index contributed by atoms with van der Waals surface area (Å²) >= 11 is 0. The van der Waals surface area contributed by atoms with Crippen LogP contribution in [0, 0.1) is 0 Å². The van der Waals surface area contributed by atoms with Crippen molar-refractivity contribution in [2.24, 2.45) is 5.73 Å². The number of rotatable bonds is 2. The Hall–Kier alpha value is -1.89. The number of nitrogens with two attached hydrogens (primary N) is 1. The minimum atomic E-state index is -4.46. The first kappa shape index (κ1) is 11.6. The van der Waals surface area contributed by atoms with Gasteiger partial charge in [-0.1, -0.05) is 17.3 Å². The molecule has 0 saturated carbocycles. The second kappa shape index (κ2) is 4.17. The van der Waals surface area contributed by atoms with E-state index in [1.54, 1.807) is 0 Å². The van der Waals surface area contributed by atoms with Gasteiger partial charge < -0.3 is 10.3 Å². The van der Waals surface area contributed by atoms with Crippen LogP contribution < -0.4 is 5.73 Å². The van der Waals surface area contributed by atoms with Crippen LogP contribution in [-0.4, -0.2) is 10.1 Å². The van der Waals surface area contributed by atoms with E-state index in [9.17, 15) is 13.2 Å². The molecule has 0 aliphatic heterocycles. The number of aromatic nitrogens is 2. The topological polar surface area (TPSA) is 64.9 Å². The number of hydrogen-bond donors (Lipinski definition) is 1. The number of halogens is 3. The highest BCUT2D eigenvalue weighted by Crippen LogP contribution is 2.36. The molecular weight excluding hydrogens is 235 g/mol. The summed E-state index contributed by atoms with van der Waals surface area (Å²) in [6.45, 7) is 0.0116. The molecule has 1 aromatic carbocycles. The molecular formula is C10H8F3N3O. The van der Waals surface area contributed by atoms with Gasteiger partial charge in [0.15, 0.2) is 5.82 Å². The zero-order valence-corrected chi connectivity index (χ0v) is 8.53. The number of nitrogens with zero attached hydrogens (tertiary/aromatic N) is 2. The second-order valence-electron chi connectivity index (χ2n) is 3.26. The van der Waals surface area contributed by atoms with Gasteiger partial charge in [0.25, 0.3) is 5.89 Å². The maximum absolute atomic E-state index is 12.7. The molecule has 0 amide bonds. The maximum atomic E-state index is 12.7. The van der Waals surface area contributed by atoms with Gasteiger partial charge >= 0.3 is 6.18 Å². The number of benzene rings is 1. The molecule has 0 saturated heterocycles. The molecule has 17 heavy (non-hydrogen) atoms. The molecule has 1 aromatic heterocycles. The lowest BCUT2D eigenvalue weighted by atomic mass is 10.1. The van der Waals surface area contributed by atoms with Crippen LogP contribution in [0.2, 0.25) is 0 Å². The van der Waals surface area contributed by atoms with Crippen LogP contribution in [0.25, 0.3) is 11.5 Å². The van der Waals surface area contributed by atoms with Crippen LogP contribution in [0.1, 0.15) is 11.4 Å². The second-order valence-corrected chi connectivity index (χ2v) is 3.26. The Bertz CT molecular complexity index is 522. The van der Waals surface area contributed by atoms with Crippen molar-refractivity contribution in [2.75, 3.05) is 0 Å². The van der Waals surface area contributed by atoms with Gasteiger partial charge in [-0.2, -0.15) is 18.2 Å². The molecule has 0 unspecified atom stereocenters. The first-order valence-corrected chi connectivity index (χ1v) is 4.71. The summed E-state index contributed by atoms with van der Waals surface area (Å²) < 4.78 is 42.9. The summed E-state index contributed by atoms with van der Waals surface area (Å²) in [4.78, 5) is 3.77. The zero-order valence-electron chi connectivity index (χ0n) is 8.53. The smallest absolute Gasteiger partial charge is 0.334 e. The summed E-state index contributed by atoms with van der Waals surface area (Å²) in [5.74, 6) is -0.0182. The van der Waals surface area contributed by atoms with E-state index in [-0.39, 0.29) is 23.8 Å². The fourth-order valence-corrected chi connectivity index (χ4v) is 1.36. The van der Waals surface area contributed by atoms with Crippen LogP contribution >= 0.6 is 0 Å². The predicted molar refractivity (Wildman–Crippen MR) is 52.6 cm³/mol. The Kier molecular flexibility index (Phi) is 2.84. The zero-order chi connectivity index (χ0) is 12.5. The molecule has 0 atom stereocenters. The molecule has 2 aromatic rings. The Morgan fingerprint density at radius 2 is 1.94 bits per heavy atom. The predicted octanol–water partition coefficient (Wildman–Crippen LogP) is 2.21. The molecule has 2 N–H and O–H groups in total. The third kappa shape index (κ3) is 2.28. The van der Waals surface area contributed by atoms with Gasteiger partial charge in [0.05, 0.1) is 17.7 Å². The SMILES string of the molecule is NCc1noc(-c2ccccc2C(F)(F)F)n1. The average molecular weight is 243 g/mol. The van der Waals surface area contributed by atoms with Crippen molar-refractivity contribution >= 4 is 0 Å². The largest absolute Gasteiger partial charge is 0.417 e. The molecule has 0 aliphatic rings. The summed E-state index contributed by atoms with van der Waals surface area (Å²) in [7, 11) is 0. The Labute approximate surface area is 94.2 Å². The van der Waals surface area contributed by atoms with Gasteiger partial charge in [0, 0.05) is 0 Å². The molecule has 0 bridgehead atoms. The molecule has 2 rings (SSSR count). The van der Waals surface area contributed by atoms with Crippen LogP contribution in [0.4, 0.5) is 13.2 Å². The normalized spacial score (nSPS) is 11.8. The van der Waals surface area contributed by atoms with Crippen molar-refractivity contribution in [3.8, 4) is 11.5 Å². The molecule has 7 heteroatoms. The Morgan fingerprint density at radius 3 is 2.53 bits per heavy atom. The fraction of sp³-hybridized carbons (Fsp3) is 0.200. The van der Waals surface area contributed by atoms with E-state index in [1.165, 1.54) is 18.2 Å². The van der Waals surface area contributed by atoms with Crippen LogP contribution in [-0.2, 0) is 12.7 Å². The van der Waals surface area contributed by atoms with E-state index in [0.717, 1.165) is 6.07 Å². The maximum Gasteiger partial charge on any atom is 0.417 e. The van der Waals surface area contributed by atoms with Crippen LogP contribution in [0.15, 0.2) is 28.8 Å². The minimum absolute atomic E-state index is 0.0116. The van der Waals surface area contributed by atoms with Gasteiger partial charge in [-0.05, 0) is 12.1 Å². The van der Waals surface area contributed by atoms with Gasteiger partial charge in [-0.3, -0.25) is 0 Å². The third-order valence-corrected chi connectivity index (χ3v) is 2.11. The van der Waals surface area contributed by atoms with Gasteiger partial charge in [0.2, 0.25) is 0 Å². The molecule has 1 heterocycles. The van der Waals surface area contributed by atoms with E-state index in [1.807, 2.05) is 0 Å². The first-order valence-electron chi connectivity index (χ1n) is 4.71. The van der Waals surface area contributed by atoms with E-state index in [2.05, 4.69) is 10.1 Å².